The Morgan fingerprint density at radius 3 is 3.06 bits per heavy atom. The summed E-state index contributed by atoms with van der Waals surface area (Å²) in [6.07, 6.45) is 2.65. The van der Waals surface area contributed by atoms with Crippen molar-refractivity contribution in [2.75, 3.05) is 20.1 Å². The smallest absolute Gasteiger partial charge is 0.0409 e. The number of nitrogens with one attached hydrogen (secondary N) is 1. The van der Waals surface area contributed by atoms with Gasteiger partial charge in [-0.2, -0.15) is 0 Å². The number of hydrogen-bond acceptors (Lipinski definition) is 2. The van der Waals surface area contributed by atoms with Crippen molar-refractivity contribution in [3.8, 4) is 0 Å². The first-order valence-corrected chi connectivity index (χ1v) is 6.29. The van der Waals surface area contributed by atoms with Crippen molar-refractivity contribution in [2.24, 2.45) is 0 Å². The van der Waals surface area contributed by atoms with E-state index >= 15 is 0 Å². The van der Waals surface area contributed by atoms with Gasteiger partial charge in [-0.3, -0.25) is 0 Å². The molecule has 1 saturated heterocycles. The molecule has 1 aliphatic rings. The van der Waals surface area contributed by atoms with Crippen LogP contribution in [0, 0.1) is 0 Å². The molecule has 1 atom stereocenters. The number of benzene rings is 1. The predicted molar refractivity (Wildman–Crippen MR) is 68.8 cm³/mol. The van der Waals surface area contributed by atoms with Gasteiger partial charge in [-0.05, 0) is 44.1 Å². The Kier molecular flexibility index (Phi) is 4.22. The summed E-state index contributed by atoms with van der Waals surface area (Å²) in [5, 5.41) is 4.32. The van der Waals surface area contributed by atoms with Crippen LogP contribution in [-0.2, 0) is 6.54 Å². The molecule has 0 amide bonds. The fourth-order valence-electron chi connectivity index (χ4n) is 2.27. The van der Waals surface area contributed by atoms with E-state index in [0.717, 1.165) is 18.1 Å². The van der Waals surface area contributed by atoms with Gasteiger partial charge in [0.05, 0.1) is 0 Å². The summed E-state index contributed by atoms with van der Waals surface area (Å²) in [6.45, 7) is 3.22. The molecule has 0 spiro atoms. The molecule has 16 heavy (non-hydrogen) atoms. The lowest BCUT2D eigenvalue weighted by Crippen LogP contribution is -2.35. The maximum atomic E-state index is 5.94. The molecular formula is C13H19ClN2. The Morgan fingerprint density at radius 2 is 2.38 bits per heavy atom. The average Bonchev–Trinajstić information content (AvgIpc) is 2.65. The zero-order valence-electron chi connectivity index (χ0n) is 9.75. The van der Waals surface area contributed by atoms with Crippen LogP contribution in [0.4, 0.5) is 0 Å². The van der Waals surface area contributed by atoms with E-state index in [1.807, 2.05) is 18.2 Å². The first kappa shape index (κ1) is 11.9. The van der Waals surface area contributed by atoms with E-state index in [9.17, 15) is 0 Å². The molecule has 0 saturated carbocycles. The van der Waals surface area contributed by atoms with Crippen molar-refractivity contribution in [2.45, 2.75) is 25.4 Å². The summed E-state index contributed by atoms with van der Waals surface area (Å²) in [7, 11) is 2.21. The van der Waals surface area contributed by atoms with Crippen LogP contribution in [0.15, 0.2) is 24.3 Å². The minimum absolute atomic E-state index is 0.708. The third-order valence-electron chi connectivity index (χ3n) is 3.27. The third kappa shape index (κ3) is 3.21. The molecule has 3 heteroatoms. The van der Waals surface area contributed by atoms with Gasteiger partial charge < -0.3 is 10.2 Å². The van der Waals surface area contributed by atoms with Crippen molar-refractivity contribution < 1.29 is 0 Å². The molecular weight excluding hydrogens is 220 g/mol. The highest BCUT2D eigenvalue weighted by Gasteiger charge is 2.19. The summed E-state index contributed by atoms with van der Waals surface area (Å²) < 4.78 is 0. The average molecular weight is 239 g/mol. The predicted octanol–water partition coefficient (Wildman–Crippen LogP) is 2.52. The van der Waals surface area contributed by atoms with E-state index in [0.29, 0.717) is 6.04 Å². The monoisotopic (exact) mass is 238 g/mol. The summed E-state index contributed by atoms with van der Waals surface area (Å²) in [5.41, 5.74) is 1.26. The second kappa shape index (κ2) is 5.67. The van der Waals surface area contributed by atoms with Gasteiger partial charge in [0.25, 0.3) is 0 Å². The van der Waals surface area contributed by atoms with E-state index in [-0.39, 0.29) is 0 Å². The second-order valence-corrected chi connectivity index (χ2v) is 4.97. The minimum Gasteiger partial charge on any atom is -0.311 e. The van der Waals surface area contributed by atoms with Crippen molar-refractivity contribution in [3.63, 3.8) is 0 Å². The second-order valence-electron chi connectivity index (χ2n) is 4.54. The fraction of sp³-hybridized carbons (Fsp3) is 0.538. The van der Waals surface area contributed by atoms with Gasteiger partial charge in [0.1, 0.15) is 0 Å². The molecule has 1 N–H and O–H groups in total. The van der Waals surface area contributed by atoms with Crippen molar-refractivity contribution >= 4 is 11.6 Å². The van der Waals surface area contributed by atoms with Gasteiger partial charge in [0.15, 0.2) is 0 Å². The molecule has 1 fully saturated rings. The standard InChI is InChI=1S/C13H19ClN2/c1-16-7-3-6-13(16)10-15-9-11-4-2-5-12(14)8-11/h2,4-5,8,13,15H,3,6-7,9-10H2,1H3. The lowest BCUT2D eigenvalue weighted by Gasteiger charge is -2.19. The fourth-order valence-corrected chi connectivity index (χ4v) is 2.48. The van der Waals surface area contributed by atoms with Crippen molar-refractivity contribution in [1.82, 2.24) is 10.2 Å². The van der Waals surface area contributed by atoms with Crippen molar-refractivity contribution in [1.29, 1.82) is 0 Å². The van der Waals surface area contributed by atoms with Crippen molar-refractivity contribution in [3.05, 3.63) is 34.9 Å². The number of rotatable bonds is 4. The van der Waals surface area contributed by atoms with E-state index in [4.69, 9.17) is 11.6 Å². The van der Waals surface area contributed by atoms with E-state index < -0.39 is 0 Å². The first-order chi connectivity index (χ1) is 7.75. The molecule has 1 aromatic rings. The maximum Gasteiger partial charge on any atom is 0.0409 e. The molecule has 2 nitrogen and oxygen atoms in total. The molecule has 1 heterocycles. The summed E-state index contributed by atoms with van der Waals surface area (Å²) in [4.78, 5) is 2.44. The molecule has 0 aromatic heterocycles. The van der Waals surface area contributed by atoms with Crippen LogP contribution in [0.3, 0.4) is 0 Å². The topological polar surface area (TPSA) is 15.3 Å². The van der Waals surface area contributed by atoms with Crippen LogP contribution in [-0.4, -0.2) is 31.1 Å². The van der Waals surface area contributed by atoms with Crippen LogP contribution in [0.2, 0.25) is 5.02 Å². The van der Waals surface area contributed by atoms with E-state index in [1.165, 1.54) is 24.9 Å². The van der Waals surface area contributed by atoms with E-state index in [1.54, 1.807) is 0 Å². The largest absolute Gasteiger partial charge is 0.311 e. The minimum atomic E-state index is 0.708. The molecule has 0 aliphatic carbocycles. The number of nitrogens with zero attached hydrogens (tertiary/aromatic N) is 1. The first-order valence-electron chi connectivity index (χ1n) is 5.91. The van der Waals surface area contributed by atoms with Gasteiger partial charge in [0, 0.05) is 24.2 Å². The Labute approximate surface area is 103 Å². The van der Waals surface area contributed by atoms with Crippen LogP contribution in [0.25, 0.3) is 0 Å². The van der Waals surface area contributed by atoms with Crippen LogP contribution >= 0.6 is 11.6 Å². The number of halogens is 1. The third-order valence-corrected chi connectivity index (χ3v) is 3.50. The molecule has 1 aromatic carbocycles. The summed E-state index contributed by atoms with van der Waals surface area (Å²) in [5.74, 6) is 0. The molecule has 1 unspecified atom stereocenters. The molecule has 0 bridgehead atoms. The highest BCUT2D eigenvalue weighted by atomic mass is 35.5. The Morgan fingerprint density at radius 1 is 1.50 bits per heavy atom. The van der Waals surface area contributed by atoms with E-state index in [2.05, 4.69) is 23.3 Å². The highest BCUT2D eigenvalue weighted by Crippen LogP contribution is 2.14. The molecule has 0 radical (unpaired) electrons. The van der Waals surface area contributed by atoms with Gasteiger partial charge in [-0.15, -0.1) is 0 Å². The maximum absolute atomic E-state index is 5.94. The Bertz CT molecular complexity index is 340. The molecule has 88 valence electrons. The summed E-state index contributed by atoms with van der Waals surface area (Å²) in [6, 6.07) is 8.75. The number of likely N-dealkylation sites (tertiary alicyclic amines) is 1. The number of likely N-dealkylation sites (N-methyl/N-ethyl adjacent to an activating group) is 1. The van der Waals surface area contributed by atoms with Crippen LogP contribution in [0.1, 0.15) is 18.4 Å². The zero-order chi connectivity index (χ0) is 11.4. The Hall–Kier alpha value is -0.570. The lowest BCUT2D eigenvalue weighted by molar-refractivity contribution is 0.300. The van der Waals surface area contributed by atoms with Crippen LogP contribution in [0.5, 0.6) is 0 Å². The van der Waals surface area contributed by atoms with Gasteiger partial charge in [0.2, 0.25) is 0 Å². The molecule has 2 rings (SSSR count). The van der Waals surface area contributed by atoms with Gasteiger partial charge in [-0.1, -0.05) is 23.7 Å². The summed E-state index contributed by atoms with van der Waals surface area (Å²) >= 11 is 5.94. The zero-order valence-corrected chi connectivity index (χ0v) is 10.5. The Balaban J connectivity index is 1.75. The highest BCUT2D eigenvalue weighted by molar-refractivity contribution is 6.30. The van der Waals surface area contributed by atoms with Crippen LogP contribution < -0.4 is 5.32 Å². The normalized spacial score (nSPS) is 21.5. The SMILES string of the molecule is CN1CCCC1CNCc1cccc(Cl)c1. The number of hydrogen-bond donors (Lipinski definition) is 1. The van der Waals surface area contributed by atoms with Gasteiger partial charge >= 0.3 is 0 Å². The lowest BCUT2D eigenvalue weighted by atomic mass is 10.2. The van der Waals surface area contributed by atoms with Gasteiger partial charge in [-0.25, -0.2) is 0 Å². The quantitative estimate of drug-likeness (QED) is 0.867. The molecule has 1 aliphatic heterocycles.